The van der Waals surface area contributed by atoms with Crippen LogP contribution < -0.4 is 0 Å². The number of ether oxygens (including phenoxy) is 2. The molecule has 8 N–H and O–H groups in total. The average molecular weight is 358 g/mol. The quantitative estimate of drug-likeness (QED) is 0.242. The maximum atomic E-state index is 9.94. The second kappa shape index (κ2) is 7.89. The lowest BCUT2D eigenvalue weighted by molar-refractivity contribution is -0.214. The Kier molecular flexibility index (Phi) is 6.61. The maximum Gasteiger partial charge on any atom is 0.134 e. The Balaban J connectivity index is 2.07. The molecule has 2 aliphatic heterocycles. The van der Waals surface area contributed by atoms with E-state index < -0.39 is 72.9 Å². The van der Waals surface area contributed by atoms with Gasteiger partial charge >= 0.3 is 0 Å². The molecule has 2 unspecified atom stereocenters. The summed E-state index contributed by atoms with van der Waals surface area (Å²) in [5.41, 5.74) is -2.35. The van der Waals surface area contributed by atoms with E-state index >= 15 is 0 Å². The third-order valence-electron chi connectivity index (χ3n) is 3.97. The minimum absolute atomic E-state index is 0.601. The molecule has 2 heterocycles. The van der Waals surface area contributed by atoms with E-state index in [0.29, 0.717) is 11.8 Å². The van der Waals surface area contributed by atoms with Gasteiger partial charge < -0.3 is 50.3 Å². The lowest BCUT2D eigenvalue weighted by Gasteiger charge is -2.44. The van der Waals surface area contributed by atoms with Gasteiger partial charge in [0.25, 0.3) is 0 Å². The fraction of sp³-hybridized carbons (Fsp3) is 1.00. The highest BCUT2D eigenvalue weighted by molar-refractivity contribution is 8.00. The summed E-state index contributed by atoms with van der Waals surface area (Å²) >= 11 is 0.699. The van der Waals surface area contributed by atoms with Crippen molar-refractivity contribution in [2.45, 2.75) is 59.7 Å². The van der Waals surface area contributed by atoms with E-state index in [2.05, 4.69) is 0 Å². The maximum absolute atomic E-state index is 9.94. The van der Waals surface area contributed by atoms with E-state index in [4.69, 9.17) is 19.7 Å². The minimum Gasteiger partial charge on any atom is -0.394 e. The molecule has 0 aromatic carbocycles. The third-order valence-corrected chi connectivity index (χ3v) is 5.28. The molecule has 10 nitrogen and oxygen atoms in total. The number of aliphatic hydroxyl groups excluding tert-OH is 8. The van der Waals surface area contributed by atoms with Gasteiger partial charge in [-0.2, -0.15) is 0 Å². The van der Waals surface area contributed by atoms with Crippen molar-refractivity contribution in [3.63, 3.8) is 0 Å². The van der Waals surface area contributed by atoms with Crippen LogP contribution in [0.3, 0.4) is 0 Å². The summed E-state index contributed by atoms with van der Waals surface area (Å²) in [6.45, 7) is -1.20. The predicted molar refractivity (Wildman–Crippen MR) is 75.1 cm³/mol. The van der Waals surface area contributed by atoms with Gasteiger partial charge in [-0.3, -0.25) is 0 Å². The van der Waals surface area contributed by atoms with Crippen molar-refractivity contribution in [3.05, 3.63) is 0 Å². The number of rotatable bonds is 4. The summed E-state index contributed by atoms with van der Waals surface area (Å²) in [7, 11) is 0. The molecule has 0 bridgehead atoms. The van der Waals surface area contributed by atoms with Crippen LogP contribution in [0.5, 0.6) is 0 Å². The van der Waals surface area contributed by atoms with Gasteiger partial charge in [0.05, 0.1) is 13.2 Å². The Morgan fingerprint density at radius 2 is 0.913 bits per heavy atom. The lowest BCUT2D eigenvalue weighted by Crippen LogP contribution is -2.60. The summed E-state index contributed by atoms with van der Waals surface area (Å²) in [5, 5.41) is 77.0. The second-order valence-electron chi connectivity index (χ2n) is 5.53. The van der Waals surface area contributed by atoms with Crippen LogP contribution in [-0.4, -0.2) is 114 Å². The number of hydrogen-bond acceptors (Lipinski definition) is 11. The molecule has 0 aromatic heterocycles. The molecule has 0 spiro atoms. The number of thioether (sulfide) groups is 1. The highest BCUT2D eigenvalue weighted by Crippen LogP contribution is 2.36. The molecule has 10 atom stereocenters. The lowest BCUT2D eigenvalue weighted by atomic mass is 10.0. The fourth-order valence-electron chi connectivity index (χ4n) is 2.49. The molecule has 11 heteroatoms. The first-order valence-electron chi connectivity index (χ1n) is 7.08. The Hall–Kier alpha value is -0.0500. The molecule has 2 fully saturated rings. The molecule has 0 amide bonds. The molecule has 136 valence electrons. The Labute approximate surface area is 135 Å². The second-order valence-corrected chi connectivity index (χ2v) is 6.73. The van der Waals surface area contributed by atoms with Gasteiger partial charge in [0, 0.05) is 0 Å². The molecule has 2 saturated heterocycles. The van der Waals surface area contributed by atoms with Gasteiger partial charge in [0.15, 0.2) is 0 Å². The van der Waals surface area contributed by atoms with Crippen molar-refractivity contribution in [2.75, 3.05) is 13.2 Å². The van der Waals surface area contributed by atoms with E-state index in [1.54, 1.807) is 0 Å². The highest BCUT2D eigenvalue weighted by Gasteiger charge is 2.49. The van der Waals surface area contributed by atoms with E-state index in [0.717, 1.165) is 0 Å². The van der Waals surface area contributed by atoms with Crippen LogP contribution in [0.25, 0.3) is 0 Å². The van der Waals surface area contributed by atoms with E-state index in [1.807, 2.05) is 0 Å². The summed E-state index contributed by atoms with van der Waals surface area (Å²) in [4.78, 5) is 0. The summed E-state index contributed by atoms with van der Waals surface area (Å²) < 4.78 is 10.5. The molecular weight excluding hydrogens is 336 g/mol. The molecular formula is C12H22O10S. The topological polar surface area (TPSA) is 180 Å². The first kappa shape index (κ1) is 19.3. The number of hydrogen-bond donors (Lipinski definition) is 8. The molecule has 2 rings (SSSR count). The van der Waals surface area contributed by atoms with Crippen LogP contribution in [0.2, 0.25) is 0 Å². The van der Waals surface area contributed by atoms with Crippen LogP contribution >= 0.6 is 11.8 Å². The molecule has 2 aliphatic rings. The van der Waals surface area contributed by atoms with Gasteiger partial charge in [-0.15, -0.1) is 0 Å². The number of aliphatic hydroxyl groups is 8. The van der Waals surface area contributed by atoms with Crippen molar-refractivity contribution in [2.24, 2.45) is 0 Å². The molecule has 0 radical (unpaired) electrons. The normalized spacial score (nSPS) is 51.7. The average Bonchev–Trinajstić information content (AvgIpc) is 2.55. The minimum atomic E-state index is -1.58. The van der Waals surface area contributed by atoms with Crippen molar-refractivity contribution in [1.82, 2.24) is 0 Å². The van der Waals surface area contributed by atoms with Crippen molar-refractivity contribution in [1.29, 1.82) is 0 Å². The highest BCUT2D eigenvalue weighted by atomic mass is 32.2. The van der Waals surface area contributed by atoms with E-state index in [1.165, 1.54) is 0 Å². The summed E-state index contributed by atoms with van der Waals surface area (Å²) in [6, 6.07) is 0. The van der Waals surface area contributed by atoms with Gasteiger partial charge in [-0.25, -0.2) is 0 Å². The summed E-state index contributed by atoms with van der Waals surface area (Å²) in [6.07, 6.45) is -11.5. The van der Waals surface area contributed by atoms with Crippen molar-refractivity contribution < 1.29 is 50.3 Å². The van der Waals surface area contributed by atoms with Crippen LogP contribution in [-0.2, 0) is 9.47 Å². The van der Waals surface area contributed by atoms with E-state index in [-0.39, 0.29) is 0 Å². The van der Waals surface area contributed by atoms with Gasteiger partial charge in [0.2, 0.25) is 0 Å². The zero-order valence-corrected chi connectivity index (χ0v) is 12.8. The molecule has 0 saturated carbocycles. The first-order chi connectivity index (χ1) is 10.8. The standard InChI is InChI=1S/C12H22O10S/c13-1-3-5(15)7(17)9(19)11(21-3)23-12-10(20)8(18)6(16)4(2-14)22-12/h3-20H,1-2H2/t3-,4-,5+,6+,7+,8+,9-,10-,11?,12?/m1/s1. The summed E-state index contributed by atoms with van der Waals surface area (Å²) in [5.74, 6) is 0. The van der Waals surface area contributed by atoms with Gasteiger partial charge in [-0.1, -0.05) is 11.8 Å². The Morgan fingerprint density at radius 3 is 1.22 bits per heavy atom. The Bertz CT molecular complexity index is 349. The van der Waals surface area contributed by atoms with Crippen LogP contribution in [0.15, 0.2) is 0 Å². The van der Waals surface area contributed by atoms with Gasteiger partial charge in [-0.05, 0) is 0 Å². The van der Waals surface area contributed by atoms with Crippen LogP contribution in [0.4, 0.5) is 0 Å². The fourth-order valence-corrected chi connectivity index (χ4v) is 3.81. The van der Waals surface area contributed by atoms with Crippen molar-refractivity contribution in [3.8, 4) is 0 Å². The molecule has 0 aliphatic carbocycles. The third kappa shape index (κ3) is 3.80. The SMILES string of the molecule is OC[C@H]1OC(SC2O[C@H](CO)[C@H](O)[C@H](O)[C@H]2O)[C@H](O)[C@@H](O)[C@H]1O. The van der Waals surface area contributed by atoms with Crippen LogP contribution in [0, 0.1) is 0 Å². The zero-order valence-electron chi connectivity index (χ0n) is 12.0. The first-order valence-corrected chi connectivity index (χ1v) is 8.02. The van der Waals surface area contributed by atoms with Gasteiger partial charge in [0.1, 0.15) is 59.7 Å². The zero-order chi connectivity index (χ0) is 17.3. The molecule has 0 aromatic rings. The monoisotopic (exact) mass is 358 g/mol. The van der Waals surface area contributed by atoms with Crippen molar-refractivity contribution >= 4 is 11.8 Å². The Morgan fingerprint density at radius 1 is 0.565 bits per heavy atom. The van der Waals surface area contributed by atoms with Crippen LogP contribution in [0.1, 0.15) is 0 Å². The largest absolute Gasteiger partial charge is 0.394 e. The smallest absolute Gasteiger partial charge is 0.134 e. The molecule has 23 heavy (non-hydrogen) atoms. The predicted octanol–water partition coefficient (Wildman–Crippen LogP) is -4.68. The van der Waals surface area contributed by atoms with E-state index in [9.17, 15) is 30.6 Å².